The molecule has 0 radical (unpaired) electrons. The molecule has 48 heavy (non-hydrogen) atoms. The Balaban J connectivity index is 1.18. The zero-order valence-electron chi connectivity index (χ0n) is 27.5. The van der Waals surface area contributed by atoms with Crippen molar-refractivity contribution in [1.82, 2.24) is 25.2 Å². The van der Waals surface area contributed by atoms with Gasteiger partial charge in [0.2, 0.25) is 5.89 Å². The van der Waals surface area contributed by atoms with Gasteiger partial charge in [-0.3, -0.25) is 9.88 Å². The normalized spacial score (nSPS) is 14.1. The van der Waals surface area contributed by atoms with E-state index in [1.54, 1.807) is 13.1 Å². The van der Waals surface area contributed by atoms with Crippen molar-refractivity contribution in [1.29, 1.82) is 5.26 Å². The van der Waals surface area contributed by atoms with Gasteiger partial charge in [0, 0.05) is 48.7 Å². The number of rotatable bonds is 10. The Kier molecular flexibility index (Phi) is 8.87. The number of oxazole rings is 1. The molecular weight excluding hydrogens is 598 g/mol. The number of benzene rings is 3. The highest BCUT2D eigenvalue weighted by atomic mass is 16.3. The number of nitrogens with one attached hydrogen (secondary N) is 2. The number of fused-ring (bicyclic) bond motifs is 2. The van der Waals surface area contributed by atoms with Crippen LogP contribution < -0.4 is 10.6 Å². The van der Waals surface area contributed by atoms with Crippen LogP contribution in [0.5, 0.6) is 0 Å². The van der Waals surface area contributed by atoms with Crippen LogP contribution >= 0.6 is 0 Å². The number of hydrogen-bond acceptors (Lipinski definition) is 9. The summed E-state index contributed by atoms with van der Waals surface area (Å²) in [5.41, 5.74) is 10.8. The zero-order chi connectivity index (χ0) is 33.2. The molecule has 1 aliphatic rings. The van der Waals surface area contributed by atoms with E-state index in [1.807, 2.05) is 36.5 Å². The summed E-state index contributed by atoms with van der Waals surface area (Å²) in [4.78, 5) is 16.7. The van der Waals surface area contributed by atoms with E-state index >= 15 is 0 Å². The van der Waals surface area contributed by atoms with Gasteiger partial charge in [-0.1, -0.05) is 24.3 Å². The van der Waals surface area contributed by atoms with Crippen molar-refractivity contribution in [2.75, 3.05) is 25.0 Å². The monoisotopic (exact) mass is 637 g/mol. The van der Waals surface area contributed by atoms with E-state index in [-0.39, 0.29) is 0 Å². The molecule has 1 saturated heterocycles. The average molecular weight is 638 g/mol. The molecule has 6 aromatic rings. The topological polar surface area (TPSA) is 123 Å². The predicted octanol–water partition coefficient (Wildman–Crippen LogP) is 7.40. The fraction of sp³-hybridized carbons (Fsp3) is 0.282. The van der Waals surface area contributed by atoms with Crippen molar-refractivity contribution < 1.29 is 9.52 Å². The lowest BCUT2D eigenvalue weighted by molar-refractivity contribution is 0.191. The molecular formula is C39H39N7O2. The molecule has 1 fully saturated rings. The molecule has 1 unspecified atom stereocenters. The zero-order valence-corrected chi connectivity index (χ0v) is 27.5. The van der Waals surface area contributed by atoms with Crippen LogP contribution in [-0.2, 0) is 13.1 Å². The van der Waals surface area contributed by atoms with Crippen LogP contribution in [0.4, 0.5) is 11.5 Å². The minimum absolute atomic E-state index is 0.402. The van der Waals surface area contributed by atoms with E-state index in [1.165, 1.54) is 12.8 Å². The first-order valence-electron chi connectivity index (χ1n) is 16.5. The summed E-state index contributed by atoms with van der Waals surface area (Å²) >= 11 is 0. The molecule has 4 heterocycles. The quantitative estimate of drug-likeness (QED) is 0.141. The first-order chi connectivity index (χ1) is 23.4. The molecule has 0 amide bonds. The van der Waals surface area contributed by atoms with Crippen LogP contribution in [0, 0.1) is 25.2 Å². The standard InChI is InChI=1S/C39H39N7O2/c1-24(47)20-41-21-28-17-29-12-13-42-38(36(29)43-22-28)44-34-11-7-9-32(26(34)3)31-8-6-10-33(25(31)2)39-45-35-18-27(23-46-14-4-5-15-46)16-30(19-40)37(35)48-39/h6-13,16-18,22,24,41,47H,4-5,14-15,20-21,23H2,1-3H3,(H,42,44). The fourth-order valence-corrected chi connectivity index (χ4v) is 6.65. The number of nitrogens with zero attached hydrogens (tertiary/aromatic N) is 5. The maximum absolute atomic E-state index is 9.95. The van der Waals surface area contributed by atoms with Crippen LogP contribution in [0.15, 0.2) is 77.5 Å². The highest BCUT2D eigenvalue weighted by Gasteiger charge is 2.20. The molecule has 242 valence electrons. The van der Waals surface area contributed by atoms with E-state index in [9.17, 15) is 10.4 Å². The second kappa shape index (κ2) is 13.5. The first-order valence-corrected chi connectivity index (χ1v) is 16.5. The molecule has 0 saturated carbocycles. The fourth-order valence-electron chi connectivity index (χ4n) is 6.65. The second-order valence-corrected chi connectivity index (χ2v) is 12.7. The number of nitriles is 1. The summed E-state index contributed by atoms with van der Waals surface area (Å²) in [5, 5.41) is 27.3. The van der Waals surface area contributed by atoms with Gasteiger partial charge in [-0.2, -0.15) is 5.26 Å². The number of pyridine rings is 2. The predicted molar refractivity (Wildman–Crippen MR) is 190 cm³/mol. The number of aromatic nitrogens is 3. The Hall–Kier alpha value is -5.14. The lowest BCUT2D eigenvalue weighted by atomic mass is 9.93. The highest BCUT2D eigenvalue weighted by molar-refractivity contribution is 5.91. The van der Waals surface area contributed by atoms with Gasteiger partial charge in [-0.05, 0) is 116 Å². The second-order valence-electron chi connectivity index (χ2n) is 12.7. The molecule has 9 nitrogen and oxygen atoms in total. The van der Waals surface area contributed by atoms with Gasteiger partial charge < -0.3 is 20.2 Å². The number of aliphatic hydroxyl groups excluding tert-OH is 1. The number of aliphatic hydroxyl groups is 1. The van der Waals surface area contributed by atoms with Gasteiger partial charge >= 0.3 is 0 Å². The summed E-state index contributed by atoms with van der Waals surface area (Å²) in [5.74, 6) is 1.20. The molecule has 7 rings (SSSR count). The molecule has 3 aromatic heterocycles. The van der Waals surface area contributed by atoms with Crippen molar-refractivity contribution in [3.8, 4) is 28.7 Å². The maximum Gasteiger partial charge on any atom is 0.227 e. The smallest absolute Gasteiger partial charge is 0.227 e. The van der Waals surface area contributed by atoms with Crippen molar-refractivity contribution in [2.24, 2.45) is 0 Å². The van der Waals surface area contributed by atoms with E-state index in [2.05, 4.69) is 70.8 Å². The maximum atomic E-state index is 9.95. The van der Waals surface area contributed by atoms with Crippen molar-refractivity contribution in [3.63, 3.8) is 0 Å². The Bertz CT molecular complexity index is 2160. The first kappa shape index (κ1) is 31.5. The molecule has 0 bridgehead atoms. The van der Waals surface area contributed by atoms with Gasteiger partial charge in [-0.15, -0.1) is 0 Å². The summed E-state index contributed by atoms with van der Waals surface area (Å²) in [7, 11) is 0. The third kappa shape index (κ3) is 6.38. The van der Waals surface area contributed by atoms with Crippen LogP contribution in [-0.4, -0.2) is 50.7 Å². The lowest BCUT2D eigenvalue weighted by Gasteiger charge is -2.16. The molecule has 9 heteroatoms. The van der Waals surface area contributed by atoms with Crippen molar-refractivity contribution >= 4 is 33.5 Å². The molecule has 1 atom stereocenters. The van der Waals surface area contributed by atoms with E-state index in [0.29, 0.717) is 41.5 Å². The van der Waals surface area contributed by atoms with Crippen LogP contribution in [0.25, 0.3) is 44.6 Å². The van der Waals surface area contributed by atoms with E-state index < -0.39 is 6.10 Å². The Morgan fingerprint density at radius 2 is 1.73 bits per heavy atom. The van der Waals surface area contributed by atoms with E-state index in [4.69, 9.17) is 14.4 Å². The molecule has 0 spiro atoms. The highest BCUT2D eigenvalue weighted by Crippen LogP contribution is 2.37. The minimum Gasteiger partial charge on any atom is -0.435 e. The average Bonchev–Trinajstić information content (AvgIpc) is 3.76. The number of likely N-dealkylation sites (tertiary alicyclic amines) is 1. The molecule has 3 N–H and O–H groups in total. The van der Waals surface area contributed by atoms with Gasteiger partial charge in [0.1, 0.15) is 17.1 Å². The van der Waals surface area contributed by atoms with Gasteiger partial charge in [0.25, 0.3) is 0 Å². The Labute approximate surface area is 280 Å². The van der Waals surface area contributed by atoms with Gasteiger partial charge in [0.05, 0.1) is 11.7 Å². The van der Waals surface area contributed by atoms with Crippen molar-refractivity contribution in [3.05, 3.63) is 101 Å². The number of hydrogen-bond donors (Lipinski definition) is 3. The third-order valence-electron chi connectivity index (χ3n) is 9.14. The third-order valence-corrected chi connectivity index (χ3v) is 9.14. The summed E-state index contributed by atoms with van der Waals surface area (Å²) in [6.07, 6.45) is 5.68. The van der Waals surface area contributed by atoms with Crippen LogP contribution in [0.3, 0.4) is 0 Å². The number of anilines is 2. The summed E-state index contributed by atoms with van der Waals surface area (Å²) in [6, 6.07) is 22.8. The lowest BCUT2D eigenvalue weighted by Crippen LogP contribution is -2.23. The van der Waals surface area contributed by atoms with Gasteiger partial charge in [-0.25, -0.2) is 9.97 Å². The van der Waals surface area contributed by atoms with Crippen LogP contribution in [0.2, 0.25) is 0 Å². The summed E-state index contributed by atoms with van der Waals surface area (Å²) in [6.45, 7) is 10.1. The van der Waals surface area contributed by atoms with Crippen molar-refractivity contribution in [2.45, 2.75) is 52.8 Å². The SMILES string of the molecule is Cc1c(Nc2nccc3cc(CNCC(C)O)cnc23)cccc1-c1cccc(-c2nc3cc(CN4CCCC4)cc(C#N)c3o2)c1C. The molecule has 1 aliphatic heterocycles. The minimum atomic E-state index is -0.402. The largest absolute Gasteiger partial charge is 0.435 e. The Morgan fingerprint density at radius 1 is 0.958 bits per heavy atom. The van der Waals surface area contributed by atoms with Gasteiger partial charge in [0.15, 0.2) is 11.4 Å². The summed E-state index contributed by atoms with van der Waals surface area (Å²) < 4.78 is 6.30. The molecule has 3 aromatic carbocycles. The molecule has 0 aliphatic carbocycles. The van der Waals surface area contributed by atoms with Crippen LogP contribution in [0.1, 0.15) is 47.6 Å². The Morgan fingerprint density at radius 3 is 2.52 bits per heavy atom. The van der Waals surface area contributed by atoms with E-state index in [0.717, 1.165) is 75.2 Å².